The normalized spacial score (nSPS) is 10.5. The van der Waals surface area contributed by atoms with Gasteiger partial charge >= 0.3 is 5.97 Å². The molecule has 0 bridgehead atoms. The number of methoxy groups -OCH3 is 1. The molecule has 0 fully saturated rings. The fourth-order valence-electron chi connectivity index (χ4n) is 2.54. The van der Waals surface area contributed by atoms with Gasteiger partial charge in [-0.25, -0.2) is 4.79 Å². The number of nitrogens with zero attached hydrogens (tertiary/aromatic N) is 2. The molecule has 0 amide bonds. The lowest BCUT2D eigenvalue weighted by molar-refractivity contribution is 0.0600. The fourth-order valence-corrected chi connectivity index (χ4v) is 2.54. The summed E-state index contributed by atoms with van der Waals surface area (Å²) in [6, 6.07) is 19.7. The first-order valence-electron chi connectivity index (χ1n) is 7.44. The Bertz CT molecular complexity index is 805. The Morgan fingerprint density at radius 2 is 1.78 bits per heavy atom. The summed E-state index contributed by atoms with van der Waals surface area (Å²) >= 11 is 0. The highest BCUT2D eigenvalue weighted by Gasteiger charge is 2.09. The molecule has 0 aliphatic heterocycles. The van der Waals surface area contributed by atoms with E-state index in [0.717, 1.165) is 22.5 Å². The van der Waals surface area contributed by atoms with Crippen molar-refractivity contribution in [3.63, 3.8) is 0 Å². The summed E-state index contributed by atoms with van der Waals surface area (Å²) in [6.07, 6.45) is 0. The molecular formula is C19H18N2O2. The number of benzene rings is 2. The summed E-state index contributed by atoms with van der Waals surface area (Å²) in [5, 5.41) is 4.58. The number of carbonyl (C=O) groups is 1. The standard InChI is InChI=1S/C19H18N2O2/c1-14-12-18(16-6-4-3-5-7-16)21(20-14)13-15-8-10-17(11-9-15)19(22)23-2/h3-12H,13H2,1-2H3. The van der Waals surface area contributed by atoms with Gasteiger partial charge in [0.1, 0.15) is 0 Å². The molecule has 3 aromatic rings. The highest BCUT2D eigenvalue weighted by molar-refractivity contribution is 5.89. The molecule has 116 valence electrons. The van der Waals surface area contributed by atoms with Crippen molar-refractivity contribution in [2.45, 2.75) is 13.5 Å². The molecule has 4 heteroatoms. The van der Waals surface area contributed by atoms with Crippen LogP contribution in [-0.4, -0.2) is 22.9 Å². The first-order chi connectivity index (χ1) is 11.2. The highest BCUT2D eigenvalue weighted by Crippen LogP contribution is 2.21. The van der Waals surface area contributed by atoms with Crippen molar-refractivity contribution in [3.05, 3.63) is 77.5 Å². The van der Waals surface area contributed by atoms with E-state index < -0.39 is 0 Å². The van der Waals surface area contributed by atoms with E-state index in [1.165, 1.54) is 7.11 Å². The number of hydrogen-bond acceptors (Lipinski definition) is 3. The summed E-state index contributed by atoms with van der Waals surface area (Å²) in [5.41, 5.74) is 4.84. The van der Waals surface area contributed by atoms with Gasteiger partial charge in [-0.2, -0.15) is 5.10 Å². The number of esters is 1. The number of carbonyl (C=O) groups excluding carboxylic acids is 1. The van der Waals surface area contributed by atoms with Crippen molar-refractivity contribution >= 4 is 5.97 Å². The SMILES string of the molecule is COC(=O)c1ccc(Cn2nc(C)cc2-c2ccccc2)cc1. The average Bonchev–Trinajstić information content (AvgIpc) is 2.96. The molecule has 3 rings (SSSR count). The van der Waals surface area contributed by atoms with Crippen molar-refractivity contribution in [2.75, 3.05) is 7.11 Å². The minimum absolute atomic E-state index is 0.323. The van der Waals surface area contributed by atoms with Crippen LogP contribution < -0.4 is 0 Å². The Kier molecular flexibility index (Phi) is 4.24. The van der Waals surface area contributed by atoms with Crippen LogP contribution in [0.1, 0.15) is 21.6 Å². The van der Waals surface area contributed by atoms with Crippen molar-refractivity contribution < 1.29 is 9.53 Å². The molecule has 1 heterocycles. The fraction of sp³-hybridized carbons (Fsp3) is 0.158. The number of aromatic nitrogens is 2. The van der Waals surface area contributed by atoms with Crippen LogP contribution in [-0.2, 0) is 11.3 Å². The van der Waals surface area contributed by atoms with Crippen LogP contribution in [0.2, 0.25) is 0 Å². The molecule has 23 heavy (non-hydrogen) atoms. The summed E-state index contributed by atoms with van der Waals surface area (Å²) in [5.74, 6) is -0.323. The Labute approximate surface area is 135 Å². The van der Waals surface area contributed by atoms with Gasteiger partial charge in [0, 0.05) is 0 Å². The first-order valence-corrected chi connectivity index (χ1v) is 7.44. The predicted octanol–water partition coefficient (Wildman–Crippen LogP) is 3.69. The Hall–Kier alpha value is -2.88. The summed E-state index contributed by atoms with van der Waals surface area (Å²) in [7, 11) is 1.38. The zero-order chi connectivity index (χ0) is 16.2. The van der Waals surface area contributed by atoms with E-state index in [9.17, 15) is 4.79 Å². The Morgan fingerprint density at radius 3 is 2.43 bits per heavy atom. The third-order valence-corrected chi connectivity index (χ3v) is 3.68. The largest absolute Gasteiger partial charge is 0.465 e. The quantitative estimate of drug-likeness (QED) is 0.690. The zero-order valence-corrected chi connectivity index (χ0v) is 13.2. The van der Waals surface area contributed by atoms with Crippen molar-refractivity contribution in [3.8, 4) is 11.3 Å². The van der Waals surface area contributed by atoms with Gasteiger partial charge in [0.15, 0.2) is 0 Å². The van der Waals surface area contributed by atoms with Crippen LogP contribution in [0.3, 0.4) is 0 Å². The number of rotatable bonds is 4. The molecule has 0 aliphatic rings. The van der Waals surface area contributed by atoms with Gasteiger partial charge < -0.3 is 4.74 Å². The third-order valence-electron chi connectivity index (χ3n) is 3.68. The van der Waals surface area contributed by atoms with Gasteiger partial charge in [0.2, 0.25) is 0 Å². The molecule has 1 aromatic heterocycles. The molecular weight excluding hydrogens is 288 g/mol. The van der Waals surface area contributed by atoms with Gasteiger partial charge in [-0.05, 0) is 36.2 Å². The van der Waals surface area contributed by atoms with Gasteiger partial charge in [-0.1, -0.05) is 42.5 Å². The zero-order valence-electron chi connectivity index (χ0n) is 13.2. The van der Waals surface area contributed by atoms with Crippen LogP contribution in [0, 0.1) is 6.92 Å². The second-order valence-electron chi connectivity index (χ2n) is 5.38. The van der Waals surface area contributed by atoms with Gasteiger partial charge in [0.05, 0.1) is 30.6 Å². The highest BCUT2D eigenvalue weighted by atomic mass is 16.5. The summed E-state index contributed by atoms with van der Waals surface area (Å²) in [6.45, 7) is 2.64. The Balaban J connectivity index is 1.87. The van der Waals surface area contributed by atoms with E-state index in [1.807, 2.05) is 41.9 Å². The minimum atomic E-state index is -0.323. The monoisotopic (exact) mass is 306 g/mol. The maximum absolute atomic E-state index is 11.5. The maximum Gasteiger partial charge on any atom is 0.337 e. The minimum Gasteiger partial charge on any atom is -0.465 e. The smallest absolute Gasteiger partial charge is 0.337 e. The second kappa shape index (κ2) is 6.48. The van der Waals surface area contributed by atoms with Gasteiger partial charge in [-0.3, -0.25) is 4.68 Å². The van der Waals surface area contributed by atoms with E-state index in [4.69, 9.17) is 4.74 Å². The van der Waals surface area contributed by atoms with E-state index in [0.29, 0.717) is 12.1 Å². The molecule has 4 nitrogen and oxygen atoms in total. The lowest BCUT2D eigenvalue weighted by Crippen LogP contribution is -2.05. The molecule has 0 N–H and O–H groups in total. The second-order valence-corrected chi connectivity index (χ2v) is 5.38. The van der Waals surface area contributed by atoms with Gasteiger partial charge in [-0.15, -0.1) is 0 Å². The van der Waals surface area contributed by atoms with Crippen LogP contribution in [0.5, 0.6) is 0 Å². The van der Waals surface area contributed by atoms with Crippen LogP contribution in [0.25, 0.3) is 11.3 Å². The molecule has 0 unspecified atom stereocenters. The third kappa shape index (κ3) is 3.31. The number of hydrogen-bond donors (Lipinski definition) is 0. The van der Waals surface area contributed by atoms with Crippen molar-refractivity contribution in [2.24, 2.45) is 0 Å². The lowest BCUT2D eigenvalue weighted by atomic mass is 10.1. The lowest BCUT2D eigenvalue weighted by Gasteiger charge is -2.08. The number of ether oxygens (including phenoxy) is 1. The van der Waals surface area contributed by atoms with Gasteiger partial charge in [0.25, 0.3) is 0 Å². The number of aryl methyl sites for hydroxylation is 1. The molecule has 0 saturated heterocycles. The molecule has 2 aromatic carbocycles. The molecule has 0 atom stereocenters. The van der Waals surface area contributed by atoms with E-state index in [2.05, 4.69) is 23.3 Å². The van der Waals surface area contributed by atoms with E-state index in [-0.39, 0.29) is 5.97 Å². The van der Waals surface area contributed by atoms with E-state index >= 15 is 0 Å². The van der Waals surface area contributed by atoms with E-state index in [1.54, 1.807) is 12.1 Å². The molecule has 0 spiro atoms. The summed E-state index contributed by atoms with van der Waals surface area (Å²) in [4.78, 5) is 11.5. The van der Waals surface area contributed by atoms with Crippen molar-refractivity contribution in [1.82, 2.24) is 9.78 Å². The molecule has 0 radical (unpaired) electrons. The maximum atomic E-state index is 11.5. The van der Waals surface area contributed by atoms with Crippen LogP contribution in [0.4, 0.5) is 0 Å². The van der Waals surface area contributed by atoms with Crippen LogP contribution >= 0.6 is 0 Å². The van der Waals surface area contributed by atoms with Crippen LogP contribution in [0.15, 0.2) is 60.7 Å². The average molecular weight is 306 g/mol. The first kappa shape index (κ1) is 15.0. The van der Waals surface area contributed by atoms with Crippen molar-refractivity contribution in [1.29, 1.82) is 0 Å². The summed E-state index contributed by atoms with van der Waals surface area (Å²) < 4.78 is 6.70. The molecule has 0 aliphatic carbocycles. The predicted molar refractivity (Wildman–Crippen MR) is 89.3 cm³/mol. The topological polar surface area (TPSA) is 44.1 Å². The molecule has 0 saturated carbocycles. The Morgan fingerprint density at radius 1 is 1.09 bits per heavy atom.